The Labute approximate surface area is 74.9 Å². The number of rotatable bonds is 2. The molecule has 2 saturated heterocycles. The van der Waals surface area contributed by atoms with Crippen LogP contribution >= 0.6 is 0 Å². The minimum absolute atomic E-state index is 0.261. The lowest BCUT2D eigenvalue weighted by Crippen LogP contribution is -2.41. The number of carboxylic acids is 1. The quantitative estimate of drug-likeness (QED) is 0.598. The summed E-state index contributed by atoms with van der Waals surface area (Å²) in [4.78, 5) is 21.8. The predicted molar refractivity (Wildman–Crippen MR) is 41.7 cm³/mol. The number of amides is 1. The maximum atomic E-state index is 11.0. The highest BCUT2D eigenvalue weighted by Crippen LogP contribution is 2.43. The zero-order chi connectivity index (χ0) is 9.59. The van der Waals surface area contributed by atoms with E-state index in [1.165, 1.54) is 0 Å². The average molecular weight is 185 g/mol. The monoisotopic (exact) mass is 185 g/mol. The highest BCUT2D eigenvalue weighted by molar-refractivity contribution is 5.85. The summed E-state index contributed by atoms with van der Waals surface area (Å²) in [5, 5.41) is 8.87. The van der Waals surface area contributed by atoms with Gasteiger partial charge in [-0.25, -0.2) is 0 Å². The summed E-state index contributed by atoms with van der Waals surface area (Å²) in [6, 6.07) is 0. The standard InChI is InChI=1S/C8H11NO4/c9-7(10)5-3-1-2-4(13-3)6(5)8(11)12/h3-6H,1-2H2,(H2,9,10)(H,11,12)/t3?,4-,5?,6?/m0/s1. The van der Waals surface area contributed by atoms with E-state index in [0.717, 1.165) is 12.8 Å². The number of hydrogen-bond acceptors (Lipinski definition) is 3. The van der Waals surface area contributed by atoms with E-state index in [1.807, 2.05) is 0 Å². The van der Waals surface area contributed by atoms with Crippen LogP contribution in [0, 0.1) is 11.8 Å². The van der Waals surface area contributed by atoms with Gasteiger partial charge in [0, 0.05) is 0 Å². The van der Waals surface area contributed by atoms with Crippen LogP contribution in [0.4, 0.5) is 0 Å². The fourth-order valence-electron chi connectivity index (χ4n) is 2.35. The second kappa shape index (κ2) is 2.70. The summed E-state index contributed by atoms with van der Waals surface area (Å²) >= 11 is 0. The smallest absolute Gasteiger partial charge is 0.310 e. The molecule has 0 aromatic carbocycles. The SMILES string of the molecule is NC(=O)C1C2CC[C@H](O2)C1C(=O)O. The van der Waals surface area contributed by atoms with Crippen LogP contribution in [0.3, 0.4) is 0 Å². The number of aliphatic carboxylic acids is 1. The van der Waals surface area contributed by atoms with Crippen molar-refractivity contribution < 1.29 is 19.4 Å². The molecule has 0 saturated carbocycles. The van der Waals surface area contributed by atoms with Gasteiger partial charge in [-0.05, 0) is 12.8 Å². The summed E-state index contributed by atoms with van der Waals surface area (Å²) in [6.07, 6.45) is 0.914. The predicted octanol–water partition coefficient (Wildman–Crippen LogP) is -0.650. The molecule has 0 aliphatic carbocycles. The maximum absolute atomic E-state index is 11.0. The molecule has 2 aliphatic rings. The van der Waals surface area contributed by atoms with Gasteiger partial charge in [-0.15, -0.1) is 0 Å². The second-order valence-corrected chi connectivity index (χ2v) is 3.58. The van der Waals surface area contributed by atoms with Gasteiger partial charge >= 0.3 is 5.97 Å². The van der Waals surface area contributed by atoms with Gasteiger partial charge in [0.1, 0.15) is 0 Å². The first-order valence-electron chi connectivity index (χ1n) is 4.29. The highest BCUT2D eigenvalue weighted by atomic mass is 16.5. The number of fused-ring (bicyclic) bond motifs is 2. The highest BCUT2D eigenvalue weighted by Gasteiger charge is 2.54. The largest absolute Gasteiger partial charge is 0.481 e. The molecule has 1 amide bonds. The molecular weight excluding hydrogens is 174 g/mol. The van der Waals surface area contributed by atoms with Crippen LogP contribution in [0.2, 0.25) is 0 Å². The third-order valence-electron chi connectivity index (χ3n) is 2.89. The Morgan fingerprint density at radius 2 is 1.77 bits per heavy atom. The molecule has 13 heavy (non-hydrogen) atoms. The molecule has 2 bridgehead atoms. The van der Waals surface area contributed by atoms with Crippen molar-refractivity contribution in [3.05, 3.63) is 0 Å². The van der Waals surface area contributed by atoms with Gasteiger partial charge in [-0.3, -0.25) is 9.59 Å². The molecule has 72 valence electrons. The maximum Gasteiger partial charge on any atom is 0.310 e. The van der Waals surface area contributed by atoms with Crippen LogP contribution in [0.15, 0.2) is 0 Å². The van der Waals surface area contributed by atoms with Crippen molar-refractivity contribution in [1.29, 1.82) is 0 Å². The van der Waals surface area contributed by atoms with Gasteiger partial charge < -0.3 is 15.6 Å². The van der Waals surface area contributed by atoms with E-state index in [0.29, 0.717) is 0 Å². The Hall–Kier alpha value is -1.10. The van der Waals surface area contributed by atoms with Crippen LogP contribution < -0.4 is 5.73 Å². The average Bonchev–Trinajstić information content (AvgIpc) is 2.60. The number of carboxylic acid groups (broad SMARTS) is 1. The Balaban J connectivity index is 2.24. The summed E-state index contributed by atoms with van der Waals surface area (Å²) < 4.78 is 5.34. The van der Waals surface area contributed by atoms with Gasteiger partial charge in [0.05, 0.1) is 24.0 Å². The molecular formula is C8H11NO4. The summed E-state index contributed by atoms with van der Waals surface area (Å²) in [5.41, 5.74) is 5.13. The molecule has 2 aliphatic heterocycles. The van der Waals surface area contributed by atoms with Crippen LogP contribution in [0.1, 0.15) is 12.8 Å². The number of primary amides is 1. The van der Waals surface area contributed by atoms with Crippen molar-refractivity contribution in [3.63, 3.8) is 0 Å². The number of carbonyl (C=O) groups is 2. The molecule has 2 rings (SSSR count). The van der Waals surface area contributed by atoms with Crippen molar-refractivity contribution in [2.75, 3.05) is 0 Å². The summed E-state index contributed by atoms with van der Waals surface area (Å²) in [7, 11) is 0. The Morgan fingerprint density at radius 3 is 2.15 bits per heavy atom. The molecule has 2 heterocycles. The molecule has 5 nitrogen and oxygen atoms in total. The second-order valence-electron chi connectivity index (χ2n) is 3.58. The number of nitrogens with two attached hydrogens (primary N) is 1. The Morgan fingerprint density at radius 1 is 1.23 bits per heavy atom. The van der Waals surface area contributed by atoms with Crippen molar-refractivity contribution >= 4 is 11.9 Å². The van der Waals surface area contributed by atoms with E-state index >= 15 is 0 Å². The van der Waals surface area contributed by atoms with Gasteiger partial charge in [-0.1, -0.05) is 0 Å². The van der Waals surface area contributed by atoms with Gasteiger partial charge in [0.2, 0.25) is 5.91 Å². The molecule has 0 spiro atoms. The Kier molecular flexibility index (Phi) is 1.76. The van der Waals surface area contributed by atoms with Gasteiger partial charge in [-0.2, -0.15) is 0 Å². The third kappa shape index (κ3) is 1.11. The lowest BCUT2D eigenvalue weighted by atomic mass is 9.79. The molecule has 3 unspecified atom stereocenters. The van der Waals surface area contributed by atoms with E-state index in [2.05, 4.69) is 0 Å². The van der Waals surface area contributed by atoms with Gasteiger partial charge in [0.15, 0.2) is 0 Å². The molecule has 2 fully saturated rings. The number of carbonyl (C=O) groups excluding carboxylic acids is 1. The fraction of sp³-hybridized carbons (Fsp3) is 0.750. The lowest BCUT2D eigenvalue weighted by molar-refractivity contribution is -0.147. The van der Waals surface area contributed by atoms with E-state index in [-0.39, 0.29) is 12.2 Å². The summed E-state index contributed by atoms with van der Waals surface area (Å²) in [6.45, 7) is 0. The first-order valence-corrected chi connectivity index (χ1v) is 4.29. The van der Waals surface area contributed by atoms with E-state index in [1.54, 1.807) is 0 Å². The normalized spacial score (nSPS) is 42.2. The lowest BCUT2D eigenvalue weighted by Gasteiger charge is -2.21. The van der Waals surface area contributed by atoms with Crippen molar-refractivity contribution in [3.8, 4) is 0 Å². The molecule has 4 atom stereocenters. The first kappa shape index (κ1) is 8.50. The van der Waals surface area contributed by atoms with E-state index in [4.69, 9.17) is 15.6 Å². The molecule has 0 aromatic heterocycles. The van der Waals surface area contributed by atoms with Crippen LogP contribution in [-0.2, 0) is 14.3 Å². The zero-order valence-corrected chi connectivity index (χ0v) is 6.97. The minimum atomic E-state index is -0.976. The molecule has 5 heteroatoms. The fourth-order valence-corrected chi connectivity index (χ4v) is 2.35. The van der Waals surface area contributed by atoms with E-state index in [9.17, 15) is 9.59 Å². The van der Waals surface area contributed by atoms with Crippen LogP contribution in [0.25, 0.3) is 0 Å². The topological polar surface area (TPSA) is 89.6 Å². The number of hydrogen-bond donors (Lipinski definition) is 2. The van der Waals surface area contributed by atoms with Gasteiger partial charge in [0.25, 0.3) is 0 Å². The van der Waals surface area contributed by atoms with Crippen molar-refractivity contribution in [2.45, 2.75) is 25.0 Å². The van der Waals surface area contributed by atoms with Crippen molar-refractivity contribution in [2.24, 2.45) is 17.6 Å². The van der Waals surface area contributed by atoms with E-state index < -0.39 is 23.7 Å². The Bertz CT molecular complexity index is 239. The van der Waals surface area contributed by atoms with Crippen LogP contribution in [0.5, 0.6) is 0 Å². The van der Waals surface area contributed by atoms with Crippen LogP contribution in [-0.4, -0.2) is 29.2 Å². The minimum Gasteiger partial charge on any atom is -0.481 e. The third-order valence-corrected chi connectivity index (χ3v) is 2.89. The van der Waals surface area contributed by atoms with Crippen molar-refractivity contribution in [1.82, 2.24) is 0 Å². The number of ether oxygens (including phenoxy) is 1. The molecule has 0 aromatic rings. The first-order chi connectivity index (χ1) is 6.11. The molecule has 3 N–H and O–H groups in total. The summed E-state index contributed by atoms with van der Waals surface area (Å²) in [5.74, 6) is -2.89. The zero-order valence-electron chi connectivity index (χ0n) is 6.97. The molecule has 0 radical (unpaired) electrons.